The molecule has 118 valence electrons. The third-order valence-electron chi connectivity index (χ3n) is 4.33. The molecular formula is C16H22N4OS. The van der Waals surface area contributed by atoms with E-state index in [4.69, 9.17) is 0 Å². The van der Waals surface area contributed by atoms with Crippen molar-refractivity contribution in [3.05, 3.63) is 40.3 Å². The normalized spacial score (nSPS) is 21.2. The van der Waals surface area contributed by atoms with Gasteiger partial charge in [0.05, 0.1) is 12.1 Å². The molecule has 1 saturated heterocycles. The Labute approximate surface area is 134 Å². The maximum atomic E-state index is 12.8. The van der Waals surface area contributed by atoms with Crippen molar-refractivity contribution in [2.75, 3.05) is 26.7 Å². The Balaban J connectivity index is 1.62. The number of aromatic nitrogens is 2. The Bertz CT molecular complexity index is 622. The van der Waals surface area contributed by atoms with Crippen LogP contribution in [0, 0.1) is 5.92 Å². The van der Waals surface area contributed by atoms with Gasteiger partial charge in [-0.1, -0.05) is 6.07 Å². The van der Waals surface area contributed by atoms with Crippen molar-refractivity contribution in [3.8, 4) is 0 Å². The number of carbonyl (C=O) groups excluding carboxylic acids is 1. The van der Waals surface area contributed by atoms with Crippen LogP contribution in [0.15, 0.2) is 29.9 Å². The molecule has 0 spiro atoms. The van der Waals surface area contributed by atoms with Gasteiger partial charge in [-0.15, -0.1) is 11.3 Å². The number of amides is 1. The Kier molecular flexibility index (Phi) is 4.59. The highest BCUT2D eigenvalue weighted by Crippen LogP contribution is 2.29. The summed E-state index contributed by atoms with van der Waals surface area (Å²) < 4.78 is 1.80. The molecule has 5 nitrogen and oxygen atoms in total. The molecule has 0 bridgehead atoms. The van der Waals surface area contributed by atoms with Gasteiger partial charge in [0, 0.05) is 50.7 Å². The lowest BCUT2D eigenvalue weighted by Crippen LogP contribution is -2.37. The lowest BCUT2D eigenvalue weighted by Gasteiger charge is -2.24. The third kappa shape index (κ3) is 3.23. The van der Waals surface area contributed by atoms with Crippen molar-refractivity contribution in [3.63, 3.8) is 0 Å². The van der Waals surface area contributed by atoms with E-state index in [1.807, 2.05) is 31.4 Å². The van der Waals surface area contributed by atoms with Gasteiger partial charge in [-0.2, -0.15) is 5.10 Å². The van der Waals surface area contributed by atoms with Crippen molar-refractivity contribution >= 4 is 17.2 Å². The Hall–Kier alpha value is -1.66. The molecule has 1 aliphatic heterocycles. The van der Waals surface area contributed by atoms with Gasteiger partial charge in [-0.05, 0) is 23.4 Å². The topological polar surface area (TPSA) is 50.2 Å². The highest BCUT2D eigenvalue weighted by atomic mass is 32.1. The monoisotopic (exact) mass is 318 g/mol. The predicted molar refractivity (Wildman–Crippen MR) is 88.0 cm³/mol. The van der Waals surface area contributed by atoms with Gasteiger partial charge >= 0.3 is 0 Å². The largest absolute Gasteiger partial charge is 0.345 e. The maximum absolute atomic E-state index is 12.8. The van der Waals surface area contributed by atoms with Crippen LogP contribution in [0.2, 0.25) is 0 Å². The van der Waals surface area contributed by atoms with E-state index in [0.29, 0.717) is 0 Å². The number of carbonyl (C=O) groups is 1. The fraction of sp³-hybridized carbons (Fsp3) is 0.500. The summed E-state index contributed by atoms with van der Waals surface area (Å²) in [5.41, 5.74) is 1.15. The standard InChI is InChI=1S/C16H22N4OS/c1-19(6-5-13-4-3-7-22-13)16(21)15-10-17-9-14(15)12-8-18-20(2)11-12/h3-4,7-8,11,14-15,17H,5-6,9-10H2,1-2H3/t14-,15+/m1/s1. The summed E-state index contributed by atoms with van der Waals surface area (Å²) in [5.74, 6) is 0.471. The summed E-state index contributed by atoms with van der Waals surface area (Å²) in [6, 6.07) is 4.18. The highest BCUT2D eigenvalue weighted by Gasteiger charge is 2.36. The first-order valence-corrected chi connectivity index (χ1v) is 8.49. The average Bonchev–Trinajstić information content (AvgIpc) is 3.24. The van der Waals surface area contributed by atoms with E-state index in [2.05, 4.69) is 27.9 Å². The lowest BCUT2D eigenvalue weighted by molar-refractivity contribution is -0.134. The van der Waals surface area contributed by atoms with Crippen LogP contribution in [0.25, 0.3) is 0 Å². The molecule has 3 rings (SSSR count). The Morgan fingerprint density at radius 1 is 1.55 bits per heavy atom. The fourth-order valence-electron chi connectivity index (χ4n) is 3.05. The van der Waals surface area contributed by atoms with Crippen molar-refractivity contribution in [1.82, 2.24) is 20.0 Å². The number of aryl methyl sites for hydroxylation is 1. The Morgan fingerprint density at radius 3 is 3.09 bits per heavy atom. The van der Waals surface area contributed by atoms with Gasteiger partial charge in [-0.25, -0.2) is 0 Å². The molecular weight excluding hydrogens is 296 g/mol. The van der Waals surface area contributed by atoms with Crippen LogP contribution < -0.4 is 5.32 Å². The summed E-state index contributed by atoms with van der Waals surface area (Å²) in [6.07, 6.45) is 4.82. The molecule has 0 aliphatic carbocycles. The summed E-state index contributed by atoms with van der Waals surface area (Å²) in [7, 11) is 3.82. The minimum absolute atomic E-state index is 0.0116. The quantitative estimate of drug-likeness (QED) is 0.908. The average molecular weight is 318 g/mol. The summed E-state index contributed by atoms with van der Waals surface area (Å²) in [5, 5.41) is 9.67. The molecule has 2 aromatic rings. The number of rotatable bonds is 5. The van der Waals surface area contributed by atoms with Crippen LogP contribution >= 0.6 is 11.3 Å². The number of hydrogen-bond acceptors (Lipinski definition) is 4. The zero-order valence-electron chi connectivity index (χ0n) is 13.0. The third-order valence-corrected chi connectivity index (χ3v) is 5.27. The first-order chi connectivity index (χ1) is 10.6. The van der Waals surface area contributed by atoms with E-state index in [0.717, 1.165) is 31.6 Å². The van der Waals surface area contributed by atoms with Crippen LogP contribution in [-0.4, -0.2) is 47.3 Å². The zero-order valence-corrected chi connectivity index (χ0v) is 13.8. The van der Waals surface area contributed by atoms with Crippen molar-refractivity contribution in [2.24, 2.45) is 13.0 Å². The second-order valence-electron chi connectivity index (χ2n) is 5.91. The van der Waals surface area contributed by atoms with E-state index in [9.17, 15) is 4.79 Å². The van der Waals surface area contributed by atoms with E-state index in [1.54, 1.807) is 16.0 Å². The summed E-state index contributed by atoms with van der Waals surface area (Å²) in [4.78, 5) is 16.0. The predicted octanol–water partition coefficient (Wildman–Crippen LogP) is 1.49. The van der Waals surface area contributed by atoms with E-state index in [1.165, 1.54) is 4.88 Å². The van der Waals surface area contributed by atoms with Crippen LogP contribution in [-0.2, 0) is 18.3 Å². The number of thiophene rings is 1. The molecule has 1 amide bonds. The molecule has 1 N–H and O–H groups in total. The molecule has 0 aromatic carbocycles. The summed E-state index contributed by atoms with van der Waals surface area (Å²) >= 11 is 1.75. The van der Waals surface area contributed by atoms with Crippen molar-refractivity contribution < 1.29 is 4.79 Å². The van der Waals surface area contributed by atoms with Crippen molar-refractivity contribution in [2.45, 2.75) is 12.3 Å². The van der Waals surface area contributed by atoms with Gasteiger partial charge in [0.1, 0.15) is 0 Å². The minimum atomic E-state index is 0.0116. The van der Waals surface area contributed by atoms with Gasteiger partial charge in [0.15, 0.2) is 0 Å². The number of hydrogen-bond donors (Lipinski definition) is 1. The molecule has 3 heterocycles. The van der Waals surface area contributed by atoms with Crippen LogP contribution in [0.4, 0.5) is 0 Å². The first kappa shape index (κ1) is 15.2. The molecule has 0 radical (unpaired) electrons. The maximum Gasteiger partial charge on any atom is 0.227 e. The fourth-order valence-corrected chi connectivity index (χ4v) is 3.74. The van der Waals surface area contributed by atoms with Crippen molar-refractivity contribution in [1.29, 1.82) is 0 Å². The smallest absolute Gasteiger partial charge is 0.227 e. The van der Waals surface area contributed by atoms with Gasteiger partial charge in [-0.3, -0.25) is 9.48 Å². The molecule has 2 atom stereocenters. The second kappa shape index (κ2) is 6.62. The first-order valence-electron chi connectivity index (χ1n) is 7.62. The van der Waals surface area contributed by atoms with Crippen LogP contribution in [0.1, 0.15) is 16.4 Å². The van der Waals surface area contributed by atoms with E-state index in [-0.39, 0.29) is 17.7 Å². The molecule has 6 heteroatoms. The highest BCUT2D eigenvalue weighted by molar-refractivity contribution is 7.09. The van der Waals surface area contributed by atoms with Gasteiger partial charge in [0.2, 0.25) is 5.91 Å². The molecule has 1 fully saturated rings. The molecule has 0 saturated carbocycles. The summed E-state index contributed by atoms with van der Waals surface area (Å²) in [6.45, 7) is 2.37. The van der Waals surface area contributed by atoms with Gasteiger partial charge < -0.3 is 10.2 Å². The van der Waals surface area contributed by atoms with Crippen LogP contribution in [0.5, 0.6) is 0 Å². The minimum Gasteiger partial charge on any atom is -0.345 e. The van der Waals surface area contributed by atoms with Gasteiger partial charge in [0.25, 0.3) is 0 Å². The Morgan fingerprint density at radius 2 is 2.41 bits per heavy atom. The lowest BCUT2D eigenvalue weighted by atomic mass is 9.90. The molecule has 0 unspecified atom stereocenters. The number of likely N-dealkylation sites (N-methyl/N-ethyl adjacent to an activating group) is 1. The second-order valence-corrected chi connectivity index (χ2v) is 6.94. The number of nitrogens with one attached hydrogen (secondary N) is 1. The number of nitrogens with zero attached hydrogens (tertiary/aromatic N) is 3. The van der Waals surface area contributed by atoms with E-state index >= 15 is 0 Å². The molecule has 1 aliphatic rings. The molecule has 2 aromatic heterocycles. The van der Waals surface area contributed by atoms with Crippen LogP contribution in [0.3, 0.4) is 0 Å². The molecule has 22 heavy (non-hydrogen) atoms. The van der Waals surface area contributed by atoms with E-state index < -0.39 is 0 Å². The SMILES string of the molecule is CN(CCc1cccs1)C(=O)[C@H]1CNC[C@@H]1c1cnn(C)c1. The zero-order chi connectivity index (χ0) is 15.5.